The van der Waals surface area contributed by atoms with Crippen molar-refractivity contribution in [3.8, 4) is 0 Å². The van der Waals surface area contributed by atoms with Crippen molar-refractivity contribution < 1.29 is 19.1 Å². The number of benzene rings is 2. The number of esters is 1. The molecule has 0 aliphatic rings. The number of thioether (sulfide) groups is 1. The quantitative estimate of drug-likeness (QED) is 0.442. The van der Waals surface area contributed by atoms with E-state index in [1.807, 2.05) is 19.2 Å². The minimum absolute atomic E-state index is 0.356. The Bertz CT molecular complexity index is 924. The van der Waals surface area contributed by atoms with Crippen molar-refractivity contribution in [3.05, 3.63) is 62.5 Å². The molecule has 0 fully saturated rings. The van der Waals surface area contributed by atoms with Crippen molar-refractivity contribution in [1.82, 2.24) is 5.32 Å². The van der Waals surface area contributed by atoms with Crippen molar-refractivity contribution in [2.24, 2.45) is 0 Å². The Morgan fingerprint density at radius 1 is 1.13 bits per heavy atom. The van der Waals surface area contributed by atoms with Gasteiger partial charge >= 0.3 is 5.97 Å². The number of halogens is 2. The minimum atomic E-state index is -0.835. The molecule has 30 heavy (non-hydrogen) atoms. The average molecular weight is 558 g/mol. The van der Waals surface area contributed by atoms with Gasteiger partial charge in [0, 0.05) is 14.5 Å². The van der Waals surface area contributed by atoms with Gasteiger partial charge < -0.3 is 15.4 Å². The highest BCUT2D eigenvalue weighted by molar-refractivity contribution is 9.11. The fraction of sp³-hybridized carbons (Fsp3) is 0.286. The number of amides is 2. The number of carbonyl (C=O) groups is 3. The Balaban J connectivity index is 1.95. The summed E-state index contributed by atoms with van der Waals surface area (Å²) >= 11 is 8.25. The molecule has 2 amide bonds. The molecule has 0 bridgehead atoms. The standard InChI is InChI=1S/C21H22Br2N2O4S/c1-13-4-3-5-14(10-13)20(27)25-18(8-9-30-2)21(28)29-12-19(26)24-17-7-6-15(22)11-16(17)23/h3-7,10-11,18H,8-9,12H2,1-2H3,(H,24,26)(H,25,27)/t18-/m0/s1. The zero-order valence-electron chi connectivity index (χ0n) is 16.5. The van der Waals surface area contributed by atoms with Crippen LogP contribution in [0.3, 0.4) is 0 Å². The Labute approximate surface area is 196 Å². The van der Waals surface area contributed by atoms with Crippen LogP contribution in [-0.2, 0) is 14.3 Å². The van der Waals surface area contributed by atoms with Gasteiger partial charge in [0.2, 0.25) is 0 Å². The van der Waals surface area contributed by atoms with Crippen LogP contribution < -0.4 is 10.6 Å². The van der Waals surface area contributed by atoms with Crippen molar-refractivity contribution in [2.45, 2.75) is 19.4 Å². The summed E-state index contributed by atoms with van der Waals surface area (Å²) in [6.45, 7) is 1.44. The molecule has 0 aliphatic heterocycles. The zero-order valence-corrected chi connectivity index (χ0v) is 20.5. The lowest BCUT2D eigenvalue weighted by Gasteiger charge is -2.17. The fourth-order valence-corrected chi connectivity index (χ4v) is 4.14. The van der Waals surface area contributed by atoms with Crippen LogP contribution in [0.2, 0.25) is 0 Å². The molecule has 0 saturated heterocycles. The van der Waals surface area contributed by atoms with Gasteiger partial charge in [-0.1, -0.05) is 33.6 Å². The SMILES string of the molecule is CSCC[C@H](NC(=O)c1cccc(C)c1)C(=O)OCC(=O)Nc1ccc(Br)cc1Br. The molecular weight excluding hydrogens is 536 g/mol. The van der Waals surface area contributed by atoms with Gasteiger partial charge in [0.05, 0.1) is 5.69 Å². The van der Waals surface area contributed by atoms with E-state index < -0.39 is 24.5 Å². The number of aryl methyl sites for hydroxylation is 1. The Morgan fingerprint density at radius 3 is 2.57 bits per heavy atom. The maximum Gasteiger partial charge on any atom is 0.329 e. The molecule has 2 aromatic carbocycles. The van der Waals surface area contributed by atoms with Gasteiger partial charge in [-0.05, 0) is 71.6 Å². The molecule has 2 rings (SSSR count). The average Bonchev–Trinajstić information content (AvgIpc) is 2.71. The summed E-state index contributed by atoms with van der Waals surface area (Å²) < 4.78 is 6.71. The summed E-state index contributed by atoms with van der Waals surface area (Å²) in [5.41, 5.74) is 1.97. The number of ether oxygens (including phenoxy) is 1. The molecule has 160 valence electrons. The maximum atomic E-state index is 12.5. The first-order valence-electron chi connectivity index (χ1n) is 9.08. The highest BCUT2D eigenvalue weighted by Gasteiger charge is 2.23. The highest BCUT2D eigenvalue weighted by atomic mass is 79.9. The zero-order chi connectivity index (χ0) is 22.1. The van der Waals surface area contributed by atoms with E-state index in [1.165, 1.54) is 0 Å². The maximum absolute atomic E-state index is 12.5. The lowest BCUT2D eigenvalue weighted by Crippen LogP contribution is -2.43. The number of hydrogen-bond acceptors (Lipinski definition) is 5. The van der Waals surface area contributed by atoms with Gasteiger partial charge in [-0.3, -0.25) is 9.59 Å². The van der Waals surface area contributed by atoms with Crippen LogP contribution in [-0.4, -0.2) is 42.4 Å². The Kier molecular flexibility index (Phi) is 9.87. The first kappa shape index (κ1) is 24.4. The third kappa shape index (κ3) is 7.77. The number of hydrogen-bond donors (Lipinski definition) is 2. The van der Waals surface area contributed by atoms with Crippen molar-refractivity contribution in [3.63, 3.8) is 0 Å². The molecule has 0 aliphatic carbocycles. The van der Waals surface area contributed by atoms with Crippen LogP contribution in [0.1, 0.15) is 22.3 Å². The van der Waals surface area contributed by atoms with Gasteiger partial charge in [0.1, 0.15) is 6.04 Å². The minimum Gasteiger partial charge on any atom is -0.454 e. The third-order valence-electron chi connectivity index (χ3n) is 4.03. The predicted molar refractivity (Wildman–Crippen MR) is 127 cm³/mol. The molecule has 0 heterocycles. The summed E-state index contributed by atoms with van der Waals surface area (Å²) in [5, 5.41) is 5.39. The van der Waals surface area contributed by atoms with Crippen molar-refractivity contribution >= 4 is 67.1 Å². The van der Waals surface area contributed by atoms with E-state index in [-0.39, 0.29) is 5.91 Å². The van der Waals surface area contributed by atoms with Crippen LogP contribution in [0.5, 0.6) is 0 Å². The summed E-state index contributed by atoms with van der Waals surface area (Å²) in [4.78, 5) is 37.2. The lowest BCUT2D eigenvalue weighted by molar-refractivity contribution is -0.149. The molecule has 0 saturated carbocycles. The molecule has 2 aromatic rings. The number of rotatable bonds is 9. The smallest absolute Gasteiger partial charge is 0.329 e. The highest BCUT2D eigenvalue weighted by Crippen LogP contribution is 2.26. The van der Waals surface area contributed by atoms with Gasteiger partial charge in [-0.15, -0.1) is 0 Å². The molecule has 0 spiro atoms. The number of anilines is 1. The topological polar surface area (TPSA) is 84.5 Å². The van der Waals surface area contributed by atoms with Gasteiger partial charge in [-0.25, -0.2) is 4.79 Å². The normalized spacial score (nSPS) is 11.5. The summed E-state index contributed by atoms with van der Waals surface area (Å²) in [7, 11) is 0. The predicted octanol–water partition coefficient (Wildman–Crippen LogP) is 4.55. The molecule has 9 heteroatoms. The molecule has 1 atom stereocenters. The van der Waals surface area contributed by atoms with Gasteiger partial charge in [0.25, 0.3) is 11.8 Å². The van der Waals surface area contributed by atoms with E-state index in [4.69, 9.17) is 4.74 Å². The molecule has 0 unspecified atom stereocenters. The molecular formula is C21H22Br2N2O4S. The summed E-state index contributed by atoms with van der Waals surface area (Å²) in [6.07, 6.45) is 2.31. The molecule has 0 aromatic heterocycles. The fourth-order valence-electron chi connectivity index (χ4n) is 2.53. The molecule has 0 radical (unpaired) electrons. The van der Waals surface area contributed by atoms with Crippen LogP contribution in [0.4, 0.5) is 5.69 Å². The van der Waals surface area contributed by atoms with E-state index in [0.29, 0.717) is 27.9 Å². The van der Waals surface area contributed by atoms with Gasteiger partial charge in [0.15, 0.2) is 6.61 Å². The van der Waals surface area contributed by atoms with E-state index in [2.05, 4.69) is 42.5 Å². The second kappa shape index (κ2) is 12.1. The Morgan fingerprint density at radius 2 is 1.90 bits per heavy atom. The lowest BCUT2D eigenvalue weighted by atomic mass is 10.1. The summed E-state index contributed by atoms with van der Waals surface area (Å²) in [5.74, 6) is -0.814. The third-order valence-corrected chi connectivity index (χ3v) is 5.82. The number of nitrogens with one attached hydrogen (secondary N) is 2. The summed E-state index contributed by atoms with van der Waals surface area (Å²) in [6, 6.07) is 11.6. The first-order chi connectivity index (χ1) is 14.3. The monoisotopic (exact) mass is 556 g/mol. The van der Waals surface area contributed by atoms with Crippen LogP contribution >= 0.6 is 43.6 Å². The van der Waals surface area contributed by atoms with E-state index in [0.717, 1.165) is 10.0 Å². The second-order valence-corrected chi connectivity index (χ2v) is 9.21. The van der Waals surface area contributed by atoms with Crippen LogP contribution in [0.15, 0.2) is 51.4 Å². The number of carbonyl (C=O) groups excluding carboxylic acids is 3. The molecule has 6 nitrogen and oxygen atoms in total. The largest absolute Gasteiger partial charge is 0.454 e. The van der Waals surface area contributed by atoms with Crippen molar-refractivity contribution in [2.75, 3.05) is 23.9 Å². The van der Waals surface area contributed by atoms with E-state index in [1.54, 1.807) is 48.2 Å². The van der Waals surface area contributed by atoms with E-state index in [9.17, 15) is 14.4 Å². The first-order valence-corrected chi connectivity index (χ1v) is 12.1. The van der Waals surface area contributed by atoms with Gasteiger partial charge in [-0.2, -0.15) is 11.8 Å². The Hall–Kier alpha value is -1.84. The van der Waals surface area contributed by atoms with Crippen molar-refractivity contribution in [1.29, 1.82) is 0 Å². The van der Waals surface area contributed by atoms with Crippen LogP contribution in [0, 0.1) is 6.92 Å². The van der Waals surface area contributed by atoms with Crippen LogP contribution in [0.25, 0.3) is 0 Å². The van der Waals surface area contributed by atoms with E-state index >= 15 is 0 Å². The molecule has 2 N–H and O–H groups in total. The second-order valence-electron chi connectivity index (χ2n) is 6.46.